The van der Waals surface area contributed by atoms with Crippen LogP contribution in [0.15, 0.2) is 46.9 Å². The van der Waals surface area contributed by atoms with Crippen molar-refractivity contribution in [2.24, 2.45) is 0 Å². The second kappa shape index (κ2) is 4.76. The summed E-state index contributed by atoms with van der Waals surface area (Å²) in [5, 5.41) is 0. The van der Waals surface area contributed by atoms with Crippen LogP contribution in [0.1, 0.15) is 12.5 Å². The first-order valence-corrected chi connectivity index (χ1v) is 6.37. The number of nitrogens with zero attached hydrogens (tertiary/aromatic N) is 1. The van der Waals surface area contributed by atoms with E-state index in [4.69, 9.17) is 9.15 Å². The lowest BCUT2D eigenvalue weighted by Crippen LogP contribution is -1.93. The van der Waals surface area contributed by atoms with E-state index in [-0.39, 0.29) is 0 Å². The predicted molar refractivity (Wildman–Crippen MR) is 75.4 cm³/mol. The van der Waals surface area contributed by atoms with Crippen molar-refractivity contribution in [1.82, 2.24) is 4.98 Å². The van der Waals surface area contributed by atoms with Crippen LogP contribution in [0.4, 0.5) is 0 Å². The lowest BCUT2D eigenvalue weighted by Gasteiger charge is -2.06. The predicted octanol–water partition coefficient (Wildman–Crippen LogP) is 4.20. The molecule has 0 radical (unpaired) electrons. The second-order valence-electron chi connectivity index (χ2n) is 4.42. The van der Waals surface area contributed by atoms with Crippen LogP contribution in [0.25, 0.3) is 22.6 Å². The molecule has 0 bridgehead atoms. The first kappa shape index (κ1) is 11.8. The first-order valence-electron chi connectivity index (χ1n) is 6.37. The summed E-state index contributed by atoms with van der Waals surface area (Å²) >= 11 is 0. The maximum absolute atomic E-state index is 5.80. The Hall–Kier alpha value is -2.29. The molecule has 1 heterocycles. The van der Waals surface area contributed by atoms with Gasteiger partial charge in [0.25, 0.3) is 0 Å². The zero-order valence-corrected chi connectivity index (χ0v) is 11.0. The summed E-state index contributed by atoms with van der Waals surface area (Å²) in [5.41, 5.74) is 3.73. The van der Waals surface area contributed by atoms with Crippen LogP contribution in [0.5, 0.6) is 5.75 Å². The molecule has 0 aliphatic heterocycles. The molecular weight excluding hydrogens is 238 g/mol. The number of fused-ring (bicyclic) bond motifs is 1. The van der Waals surface area contributed by atoms with Crippen molar-refractivity contribution in [3.05, 3.63) is 48.0 Å². The minimum atomic E-state index is 0.602. The fraction of sp³-hybridized carbons (Fsp3) is 0.188. The van der Waals surface area contributed by atoms with E-state index in [0.29, 0.717) is 12.5 Å². The average Bonchev–Trinajstić information content (AvgIpc) is 2.82. The topological polar surface area (TPSA) is 35.3 Å². The van der Waals surface area contributed by atoms with E-state index < -0.39 is 0 Å². The molecule has 3 aromatic rings. The van der Waals surface area contributed by atoms with Crippen molar-refractivity contribution in [2.75, 3.05) is 6.61 Å². The van der Waals surface area contributed by atoms with Crippen LogP contribution in [-0.2, 0) is 0 Å². The Labute approximate surface area is 111 Å². The van der Waals surface area contributed by atoms with E-state index in [1.165, 1.54) is 5.56 Å². The SMILES string of the molecule is CCOc1ccccc1-c1nc2cc(C)ccc2o1. The van der Waals surface area contributed by atoms with E-state index in [9.17, 15) is 0 Å². The van der Waals surface area contributed by atoms with Crippen molar-refractivity contribution >= 4 is 11.1 Å². The van der Waals surface area contributed by atoms with Gasteiger partial charge in [-0.15, -0.1) is 0 Å². The Bertz CT molecular complexity index is 716. The lowest BCUT2D eigenvalue weighted by molar-refractivity contribution is 0.340. The molecule has 0 atom stereocenters. The Kier molecular flexibility index (Phi) is 2.95. The van der Waals surface area contributed by atoms with Gasteiger partial charge >= 0.3 is 0 Å². The van der Waals surface area contributed by atoms with Crippen molar-refractivity contribution in [3.63, 3.8) is 0 Å². The summed E-state index contributed by atoms with van der Waals surface area (Å²) in [6, 6.07) is 13.8. The van der Waals surface area contributed by atoms with Gasteiger partial charge in [-0.05, 0) is 43.7 Å². The van der Waals surface area contributed by atoms with Gasteiger partial charge < -0.3 is 9.15 Å². The molecule has 0 unspecified atom stereocenters. The van der Waals surface area contributed by atoms with Crippen LogP contribution in [0, 0.1) is 6.92 Å². The highest BCUT2D eigenvalue weighted by Crippen LogP contribution is 2.31. The molecule has 0 amide bonds. The van der Waals surface area contributed by atoms with Gasteiger partial charge in [-0.2, -0.15) is 0 Å². The minimum Gasteiger partial charge on any atom is -0.493 e. The Morgan fingerprint density at radius 2 is 2.00 bits per heavy atom. The Morgan fingerprint density at radius 1 is 1.16 bits per heavy atom. The van der Waals surface area contributed by atoms with Crippen LogP contribution in [0.3, 0.4) is 0 Å². The molecule has 0 spiro atoms. The average molecular weight is 253 g/mol. The summed E-state index contributed by atoms with van der Waals surface area (Å²) in [7, 11) is 0. The molecule has 0 aliphatic rings. The maximum atomic E-state index is 5.80. The third-order valence-electron chi connectivity index (χ3n) is 2.96. The van der Waals surface area contributed by atoms with E-state index in [0.717, 1.165) is 22.4 Å². The smallest absolute Gasteiger partial charge is 0.231 e. The summed E-state index contributed by atoms with van der Waals surface area (Å²) < 4.78 is 11.4. The number of benzene rings is 2. The number of aryl methyl sites for hydroxylation is 1. The molecule has 3 heteroatoms. The molecule has 0 N–H and O–H groups in total. The maximum Gasteiger partial charge on any atom is 0.231 e. The van der Waals surface area contributed by atoms with E-state index in [1.807, 2.05) is 56.3 Å². The number of oxazole rings is 1. The number of rotatable bonds is 3. The standard InChI is InChI=1S/C16H15NO2/c1-3-18-14-7-5-4-6-12(14)16-17-13-10-11(2)8-9-15(13)19-16/h4-10H,3H2,1-2H3. The normalized spacial score (nSPS) is 10.8. The number of para-hydroxylation sites is 1. The van der Waals surface area contributed by atoms with E-state index >= 15 is 0 Å². The van der Waals surface area contributed by atoms with Gasteiger partial charge in [0.1, 0.15) is 11.3 Å². The summed E-state index contributed by atoms with van der Waals surface area (Å²) in [6.07, 6.45) is 0. The Morgan fingerprint density at radius 3 is 2.84 bits per heavy atom. The van der Waals surface area contributed by atoms with Crippen LogP contribution in [-0.4, -0.2) is 11.6 Å². The minimum absolute atomic E-state index is 0.602. The monoisotopic (exact) mass is 253 g/mol. The first-order chi connectivity index (χ1) is 9.28. The quantitative estimate of drug-likeness (QED) is 0.701. The number of hydrogen-bond donors (Lipinski definition) is 0. The van der Waals surface area contributed by atoms with Gasteiger partial charge in [0.05, 0.1) is 12.2 Å². The number of hydrogen-bond acceptors (Lipinski definition) is 3. The largest absolute Gasteiger partial charge is 0.493 e. The second-order valence-corrected chi connectivity index (χ2v) is 4.42. The zero-order valence-electron chi connectivity index (χ0n) is 11.0. The van der Waals surface area contributed by atoms with Gasteiger partial charge in [0, 0.05) is 0 Å². The van der Waals surface area contributed by atoms with Crippen molar-refractivity contribution < 1.29 is 9.15 Å². The third-order valence-corrected chi connectivity index (χ3v) is 2.96. The highest BCUT2D eigenvalue weighted by molar-refractivity contribution is 5.78. The molecule has 3 rings (SSSR count). The van der Waals surface area contributed by atoms with Gasteiger partial charge in [-0.25, -0.2) is 4.98 Å². The highest BCUT2D eigenvalue weighted by Gasteiger charge is 2.12. The molecule has 0 saturated heterocycles. The van der Waals surface area contributed by atoms with E-state index in [1.54, 1.807) is 0 Å². The molecule has 2 aromatic carbocycles. The summed E-state index contributed by atoms with van der Waals surface area (Å²) in [5.74, 6) is 1.40. The van der Waals surface area contributed by atoms with Crippen molar-refractivity contribution in [3.8, 4) is 17.2 Å². The molecule has 0 saturated carbocycles. The van der Waals surface area contributed by atoms with Crippen molar-refractivity contribution in [1.29, 1.82) is 0 Å². The summed E-state index contributed by atoms with van der Waals surface area (Å²) in [4.78, 5) is 4.54. The molecular formula is C16H15NO2. The van der Waals surface area contributed by atoms with Crippen molar-refractivity contribution in [2.45, 2.75) is 13.8 Å². The molecule has 1 aromatic heterocycles. The highest BCUT2D eigenvalue weighted by atomic mass is 16.5. The zero-order chi connectivity index (χ0) is 13.2. The lowest BCUT2D eigenvalue weighted by atomic mass is 10.2. The van der Waals surface area contributed by atoms with E-state index in [2.05, 4.69) is 4.98 Å². The van der Waals surface area contributed by atoms with Crippen LogP contribution in [0.2, 0.25) is 0 Å². The summed E-state index contributed by atoms with van der Waals surface area (Å²) in [6.45, 7) is 4.63. The van der Waals surface area contributed by atoms with Gasteiger partial charge in [-0.3, -0.25) is 0 Å². The molecule has 0 aliphatic carbocycles. The number of aromatic nitrogens is 1. The van der Waals surface area contributed by atoms with Crippen LogP contribution < -0.4 is 4.74 Å². The van der Waals surface area contributed by atoms with Gasteiger partial charge in [0.15, 0.2) is 5.58 Å². The van der Waals surface area contributed by atoms with Gasteiger partial charge in [-0.1, -0.05) is 18.2 Å². The fourth-order valence-electron chi connectivity index (χ4n) is 2.08. The molecule has 3 nitrogen and oxygen atoms in total. The van der Waals surface area contributed by atoms with Gasteiger partial charge in [0.2, 0.25) is 5.89 Å². The Balaban J connectivity index is 2.13. The molecule has 96 valence electrons. The molecule has 0 fully saturated rings. The number of ether oxygens (including phenoxy) is 1. The third kappa shape index (κ3) is 2.19. The fourth-order valence-corrected chi connectivity index (χ4v) is 2.08. The molecule has 19 heavy (non-hydrogen) atoms. The van der Waals surface area contributed by atoms with Crippen LogP contribution >= 0.6 is 0 Å².